The molecule has 1 fully saturated rings. The van der Waals surface area contributed by atoms with Crippen LogP contribution in [0.2, 0.25) is 0 Å². The quantitative estimate of drug-likeness (QED) is 0.596. The highest BCUT2D eigenvalue weighted by molar-refractivity contribution is 7.15. The number of carbonyl (C=O) groups is 1. The van der Waals surface area contributed by atoms with E-state index in [1.54, 1.807) is 17.4 Å². The number of rotatable bonds is 5. The number of nitrogens with zero attached hydrogens (tertiary/aromatic N) is 1. The molecule has 0 saturated heterocycles. The van der Waals surface area contributed by atoms with Gasteiger partial charge in [0.15, 0.2) is 5.13 Å². The van der Waals surface area contributed by atoms with Crippen molar-refractivity contribution < 1.29 is 9.53 Å². The van der Waals surface area contributed by atoms with Gasteiger partial charge in [0.2, 0.25) is 0 Å². The van der Waals surface area contributed by atoms with Crippen LogP contribution in [0.4, 0.5) is 15.6 Å². The molecule has 132 valence electrons. The minimum absolute atomic E-state index is 0.309. The summed E-state index contributed by atoms with van der Waals surface area (Å²) in [4.78, 5) is 17.8. The molecule has 6 heteroatoms. The van der Waals surface area contributed by atoms with Crippen molar-refractivity contribution in [3.8, 4) is 11.5 Å². The van der Waals surface area contributed by atoms with Gasteiger partial charge in [0.1, 0.15) is 11.5 Å². The molecule has 1 aliphatic rings. The monoisotopic (exact) mass is 365 g/mol. The van der Waals surface area contributed by atoms with Crippen molar-refractivity contribution >= 4 is 28.2 Å². The van der Waals surface area contributed by atoms with E-state index in [-0.39, 0.29) is 6.03 Å². The van der Waals surface area contributed by atoms with Crippen LogP contribution in [-0.2, 0) is 0 Å². The molecular weight excluding hydrogens is 346 g/mol. The van der Waals surface area contributed by atoms with E-state index in [1.807, 2.05) is 54.7 Å². The first kappa shape index (κ1) is 16.6. The van der Waals surface area contributed by atoms with Crippen LogP contribution in [-0.4, -0.2) is 11.0 Å². The summed E-state index contributed by atoms with van der Waals surface area (Å²) in [5.41, 5.74) is 0.659. The second-order valence-corrected chi connectivity index (χ2v) is 7.28. The highest BCUT2D eigenvalue weighted by Gasteiger charge is 2.22. The van der Waals surface area contributed by atoms with Gasteiger partial charge in [0.05, 0.1) is 0 Å². The summed E-state index contributed by atoms with van der Waals surface area (Å²) in [6.07, 6.45) is 5.61. The van der Waals surface area contributed by atoms with Crippen molar-refractivity contribution in [1.29, 1.82) is 0 Å². The van der Waals surface area contributed by atoms with E-state index >= 15 is 0 Å². The lowest BCUT2D eigenvalue weighted by Gasteiger charge is -2.23. The van der Waals surface area contributed by atoms with Crippen molar-refractivity contribution in [2.24, 2.45) is 0 Å². The number of hydrogen-bond donors (Lipinski definition) is 2. The van der Waals surface area contributed by atoms with Crippen LogP contribution < -0.4 is 15.4 Å². The number of nitrogens with one attached hydrogen (secondary N) is 2. The maximum absolute atomic E-state index is 12.2. The molecule has 1 aliphatic carbocycles. The minimum atomic E-state index is -0.309. The number of aromatic nitrogens is 1. The molecule has 1 aromatic heterocycles. The number of urea groups is 1. The fourth-order valence-electron chi connectivity index (χ4n) is 2.75. The zero-order chi connectivity index (χ0) is 17.8. The molecule has 3 aromatic rings. The molecule has 0 unspecified atom stereocenters. The van der Waals surface area contributed by atoms with Gasteiger partial charge in [0, 0.05) is 22.8 Å². The van der Waals surface area contributed by atoms with Crippen LogP contribution in [0, 0.1) is 0 Å². The predicted molar refractivity (Wildman–Crippen MR) is 104 cm³/mol. The summed E-state index contributed by atoms with van der Waals surface area (Å²) in [6, 6.07) is 16.5. The van der Waals surface area contributed by atoms with Gasteiger partial charge in [-0.05, 0) is 43.0 Å². The molecule has 1 heterocycles. The minimum Gasteiger partial charge on any atom is -0.457 e. The zero-order valence-electron chi connectivity index (χ0n) is 14.1. The largest absolute Gasteiger partial charge is 0.457 e. The number of thiazole rings is 1. The summed E-state index contributed by atoms with van der Waals surface area (Å²) in [5, 5.41) is 6.25. The van der Waals surface area contributed by atoms with E-state index in [0.717, 1.165) is 5.75 Å². The number of hydrogen-bond acceptors (Lipinski definition) is 4. The first-order chi connectivity index (χ1) is 12.8. The molecule has 0 bridgehead atoms. The Hall–Kier alpha value is -2.86. The lowest BCUT2D eigenvalue weighted by Crippen LogP contribution is -2.19. The molecule has 0 spiro atoms. The van der Waals surface area contributed by atoms with Gasteiger partial charge in [0.25, 0.3) is 0 Å². The lowest BCUT2D eigenvalue weighted by molar-refractivity contribution is 0.262. The van der Waals surface area contributed by atoms with Crippen LogP contribution in [0.3, 0.4) is 0 Å². The summed E-state index contributed by atoms with van der Waals surface area (Å²) < 4.78 is 5.79. The van der Waals surface area contributed by atoms with Gasteiger partial charge in [-0.3, -0.25) is 5.32 Å². The standard InChI is InChI=1S/C20H19N3O2S/c24-19(23-20-21-13-18(26-20)14-6-4-7-14)22-15-8-5-11-17(12-15)25-16-9-2-1-3-10-16/h1-3,5,8-14H,4,6-7H2,(H2,21,22,23,24). The summed E-state index contributed by atoms with van der Waals surface area (Å²) >= 11 is 1.55. The SMILES string of the molecule is O=C(Nc1cccc(Oc2ccccc2)c1)Nc1ncc(C2CCC2)s1. The maximum atomic E-state index is 12.2. The Labute approximate surface area is 156 Å². The molecule has 26 heavy (non-hydrogen) atoms. The fraction of sp³-hybridized carbons (Fsp3) is 0.200. The maximum Gasteiger partial charge on any atom is 0.325 e. The van der Waals surface area contributed by atoms with Crippen LogP contribution in [0.25, 0.3) is 0 Å². The summed E-state index contributed by atoms with van der Waals surface area (Å²) in [7, 11) is 0. The predicted octanol–water partition coefficient (Wildman–Crippen LogP) is 5.85. The second-order valence-electron chi connectivity index (χ2n) is 6.22. The number of anilines is 2. The Morgan fingerprint density at radius 2 is 1.85 bits per heavy atom. The van der Waals surface area contributed by atoms with Crippen molar-refractivity contribution in [2.75, 3.05) is 10.6 Å². The third kappa shape index (κ3) is 4.03. The van der Waals surface area contributed by atoms with Gasteiger partial charge in [-0.25, -0.2) is 9.78 Å². The number of benzene rings is 2. The molecule has 2 aromatic carbocycles. The van der Waals surface area contributed by atoms with Crippen LogP contribution >= 0.6 is 11.3 Å². The molecule has 2 N–H and O–H groups in total. The van der Waals surface area contributed by atoms with Crippen LogP contribution in [0.1, 0.15) is 30.1 Å². The van der Waals surface area contributed by atoms with Crippen LogP contribution in [0.15, 0.2) is 60.8 Å². The smallest absolute Gasteiger partial charge is 0.325 e. The first-order valence-electron chi connectivity index (χ1n) is 8.63. The third-order valence-electron chi connectivity index (χ3n) is 4.32. The Kier molecular flexibility index (Phi) is 4.84. The molecule has 1 saturated carbocycles. The second kappa shape index (κ2) is 7.58. The van der Waals surface area contributed by atoms with Gasteiger partial charge >= 0.3 is 6.03 Å². The van der Waals surface area contributed by atoms with Crippen molar-refractivity contribution in [2.45, 2.75) is 25.2 Å². The molecule has 0 atom stereocenters. The van der Waals surface area contributed by atoms with Gasteiger partial charge in [-0.15, -0.1) is 11.3 Å². The van der Waals surface area contributed by atoms with Crippen molar-refractivity contribution in [1.82, 2.24) is 4.98 Å². The molecule has 0 aliphatic heterocycles. The van der Waals surface area contributed by atoms with Gasteiger partial charge in [-0.1, -0.05) is 30.7 Å². The fourth-order valence-corrected chi connectivity index (χ4v) is 3.73. The Morgan fingerprint density at radius 1 is 1.04 bits per heavy atom. The topological polar surface area (TPSA) is 63.2 Å². The first-order valence-corrected chi connectivity index (χ1v) is 9.44. The van der Waals surface area contributed by atoms with Crippen molar-refractivity contribution in [3.05, 3.63) is 65.7 Å². The number of amides is 2. The Bertz CT molecular complexity index is 891. The molecule has 5 nitrogen and oxygen atoms in total. The molecule has 4 rings (SSSR count). The molecule has 0 radical (unpaired) electrons. The summed E-state index contributed by atoms with van der Waals surface area (Å²) in [5.74, 6) is 2.04. The normalized spacial score (nSPS) is 13.7. The lowest BCUT2D eigenvalue weighted by atomic mass is 9.85. The van der Waals surface area contributed by atoms with Crippen molar-refractivity contribution in [3.63, 3.8) is 0 Å². The van der Waals surface area contributed by atoms with E-state index in [2.05, 4.69) is 15.6 Å². The van der Waals surface area contributed by atoms with E-state index in [1.165, 1.54) is 24.1 Å². The van der Waals surface area contributed by atoms with E-state index in [0.29, 0.717) is 22.5 Å². The van der Waals surface area contributed by atoms with E-state index < -0.39 is 0 Å². The third-order valence-corrected chi connectivity index (χ3v) is 5.40. The van der Waals surface area contributed by atoms with E-state index in [9.17, 15) is 4.79 Å². The number of ether oxygens (including phenoxy) is 1. The Balaban J connectivity index is 1.36. The average molecular weight is 365 g/mol. The zero-order valence-corrected chi connectivity index (χ0v) is 15.0. The molecular formula is C20H19N3O2S. The van der Waals surface area contributed by atoms with Crippen LogP contribution in [0.5, 0.6) is 11.5 Å². The highest BCUT2D eigenvalue weighted by atomic mass is 32.1. The van der Waals surface area contributed by atoms with Gasteiger partial charge in [-0.2, -0.15) is 0 Å². The summed E-state index contributed by atoms with van der Waals surface area (Å²) in [6.45, 7) is 0. The highest BCUT2D eigenvalue weighted by Crippen LogP contribution is 2.39. The number of para-hydroxylation sites is 1. The van der Waals surface area contributed by atoms with Gasteiger partial charge < -0.3 is 10.1 Å². The van der Waals surface area contributed by atoms with E-state index in [4.69, 9.17) is 4.74 Å². The Morgan fingerprint density at radius 3 is 2.62 bits per heavy atom. The average Bonchev–Trinajstić information content (AvgIpc) is 3.02. The molecule has 2 amide bonds. The number of carbonyl (C=O) groups excluding carboxylic acids is 1.